The summed E-state index contributed by atoms with van der Waals surface area (Å²) in [6.45, 7) is 2.08. The average molecular weight is 483 g/mol. The van der Waals surface area contributed by atoms with Gasteiger partial charge in [0.05, 0.1) is 27.0 Å². The van der Waals surface area contributed by atoms with Gasteiger partial charge in [0.1, 0.15) is 30.0 Å². The number of aryl methyl sites for hydroxylation is 1. The summed E-state index contributed by atoms with van der Waals surface area (Å²) < 4.78 is 25.1. The van der Waals surface area contributed by atoms with E-state index in [9.17, 15) is 0 Å². The number of hydrogen-bond donors (Lipinski definition) is 1. The van der Waals surface area contributed by atoms with Gasteiger partial charge in [0.25, 0.3) is 0 Å². The molecule has 2 atom stereocenters. The highest BCUT2D eigenvalue weighted by Gasteiger charge is 2.41. The molecule has 0 saturated heterocycles. The quantitative estimate of drug-likeness (QED) is 0.420. The largest absolute Gasteiger partial charge is 0.497 e. The smallest absolute Gasteiger partial charge is 0.226 e. The maximum absolute atomic E-state index is 6.72. The number of hydrogen-bond acceptors (Lipinski definition) is 7. The second-order valence-electron chi connectivity index (χ2n) is 8.77. The maximum Gasteiger partial charge on any atom is 0.226 e. The maximum atomic E-state index is 6.72. The monoisotopic (exact) mass is 482 g/mol. The number of rotatable bonds is 5. The third kappa shape index (κ3) is 3.45. The van der Waals surface area contributed by atoms with Gasteiger partial charge in [-0.3, -0.25) is 0 Å². The summed E-state index contributed by atoms with van der Waals surface area (Å²) in [5.74, 6) is 3.57. The molecule has 8 heteroatoms. The number of benzene rings is 3. The van der Waals surface area contributed by atoms with Gasteiger partial charge in [0.15, 0.2) is 11.5 Å². The fourth-order valence-electron chi connectivity index (χ4n) is 4.98. The first-order chi connectivity index (χ1) is 17.6. The summed E-state index contributed by atoms with van der Waals surface area (Å²) in [6.07, 6.45) is 1.16. The lowest BCUT2D eigenvalue weighted by Gasteiger charge is -2.39. The first-order valence-electron chi connectivity index (χ1n) is 11.7. The second-order valence-corrected chi connectivity index (χ2v) is 8.77. The van der Waals surface area contributed by atoms with Crippen LogP contribution in [0.2, 0.25) is 0 Å². The number of nitrogens with one attached hydrogen (secondary N) is 1. The molecule has 6 rings (SSSR count). The normalized spacial score (nSPS) is 17.8. The van der Waals surface area contributed by atoms with Crippen molar-refractivity contribution in [2.24, 2.45) is 0 Å². The van der Waals surface area contributed by atoms with Gasteiger partial charge in [0.2, 0.25) is 5.95 Å². The number of nitrogens with zero attached hydrogens (tertiary/aromatic N) is 3. The van der Waals surface area contributed by atoms with E-state index in [2.05, 4.69) is 46.6 Å². The molecule has 0 aliphatic carbocycles. The molecule has 0 radical (unpaired) electrons. The van der Waals surface area contributed by atoms with E-state index >= 15 is 0 Å². The zero-order chi connectivity index (χ0) is 24.8. The highest BCUT2D eigenvalue weighted by atomic mass is 16.5. The molecule has 2 unspecified atom stereocenters. The number of ether oxygens (including phenoxy) is 4. The molecule has 2 aliphatic heterocycles. The number of anilines is 1. The molecule has 0 amide bonds. The standard InChI is InChI=1S/C28H26N4O4/c1-16-5-11-21-20(13-16)25-24(27(36-21)18-8-12-22(34-3)23(14-18)35-4)26(32-28(31-25)29-15-30-32)17-6-9-19(33-2)10-7-17/h5-15,26-27H,1-4H3,(H,29,30,31). The lowest BCUT2D eigenvalue weighted by Crippen LogP contribution is -2.32. The Hall–Kier alpha value is -4.46. The highest BCUT2D eigenvalue weighted by molar-refractivity contribution is 5.85. The molecule has 0 spiro atoms. The number of fused-ring (bicyclic) bond motifs is 3. The van der Waals surface area contributed by atoms with Crippen molar-refractivity contribution in [2.45, 2.75) is 19.1 Å². The van der Waals surface area contributed by atoms with Crippen molar-refractivity contribution in [1.82, 2.24) is 14.8 Å². The van der Waals surface area contributed by atoms with Crippen molar-refractivity contribution < 1.29 is 18.9 Å². The first-order valence-corrected chi connectivity index (χ1v) is 11.7. The van der Waals surface area contributed by atoms with Crippen LogP contribution >= 0.6 is 0 Å². The third-order valence-electron chi connectivity index (χ3n) is 6.71. The molecule has 8 nitrogen and oxygen atoms in total. The van der Waals surface area contributed by atoms with Crippen LogP contribution in [0.25, 0.3) is 5.70 Å². The van der Waals surface area contributed by atoms with Crippen molar-refractivity contribution >= 4 is 11.6 Å². The Balaban J connectivity index is 1.60. The molecule has 1 N–H and O–H groups in total. The number of aromatic nitrogens is 3. The summed E-state index contributed by atoms with van der Waals surface area (Å²) in [5, 5.41) is 8.13. The second kappa shape index (κ2) is 8.64. The van der Waals surface area contributed by atoms with Crippen LogP contribution in [-0.2, 0) is 0 Å². The zero-order valence-electron chi connectivity index (χ0n) is 20.5. The molecule has 4 aromatic rings. The molecule has 3 aromatic carbocycles. The molecule has 1 aromatic heterocycles. The van der Waals surface area contributed by atoms with Gasteiger partial charge in [-0.2, -0.15) is 10.1 Å². The molecule has 182 valence electrons. The Labute approximate surface area is 209 Å². The van der Waals surface area contributed by atoms with Gasteiger partial charge < -0.3 is 24.3 Å². The Morgan fingerprint density at radius 2 is 1.64 bits per heavy atom. The third-order valence-corrected chi connectivity index (χ3v) is 6.71. The molecular formula is C28H26N4O4. The number of methoxy groups -OCH3 is 3. The lowest BCUT2D eigenvalue weighted by atomic mass is 9.84. The van der Waals surface area contributed by atoms with Crippen LogP contribution in [-0.4, -0.2) is 36.1 Å². The lowest BCUT2D eigenvalue weighted by molar-refractivity contribution is 0.222. The van der Waals surface area contributed by atoms with E-state index in [1.54, 1.807) is 27.7 Å². The molecule has 2 aliphatic rings. The van der Waals surface area contributed by atoms with Crippen LogP contribution in [0.4, 0.5) is 5.95 Å². The van der Waals surface area contributed by atoms with Crippen LogP contribution < -0.4 is 24.3 Å². The summed E-state index contributed by atoms with van der Waals surface area (Å²) in [6, 6.07) is 19.9. The van der Waals surface area contributed by atoms with Crippen LogP contribution in [0.15, 0.2) is 72.6 Å². The minimum Gasteiger partial charge on any atom is -0.497 e. The van der Waals surface area contributed by atoms with E-state index in [1.807, 2.05) is 41.1 Å². The highest BCUT2D eigenvalue weighted by Crippen LogP contribution is 2.51. The summed E-state index contributed by atoms with van der Waals surface area (Å²) in [7, 11) is 4.93. The van der Waals surface area contributed by atoms with Gasteiger partial charge in [0, 0.05) is 16.7 Å². The Morgan fingerprint density at radius 1 is 0.861 bits per heavy atom. The van der Waals surface area contributed by atoms with E-state index in [4.69, 9.17) is 18.9 Å². The van der Waals surface area contributed by atoms with Crippen LogP contribution in [0.5, 0.6) is 23.0 Å². The summed E-state index contributed by atoms with van der Waals surface area (Å²) >= 11 is 0. The molecular weight excluding hydrogens is 456 g/mol. The SMILES string of the molecule is COc1ccc(C2C3=C(Nc4ncnn42)c2cc(C)ccc2OC3c2ccc(OC)c(OC)c2)cc1. The van der Waals surface area contributed by atoms with E-state index in [1.165, 1.54) is 0 Å². The predicted molar refractivity (Wildman–Crippen MR) is 136 cm³/mol. The van der Waals surface area contributed by atoms with Gasteiger partial charge in [-0.1, -0.05) is 29.8 Å². The van der Waals surface area contributed by atoms with Crippen LogP contribution in [0, 0.1) is 6.92 Å². The van der Waals surface area contributed by atoms with Crippen molar-refractivity contribution in [2.75, 3.05) is 26.6 Å². The molecule has 0 bridgehead atoms. The summed E-state index contributed by atoms with van der Waals surface area (Å²) in [4.78, 5) is 4.50. The van der Waals surface area contributed by atoms with E-state index in [-0.39, 0.29) is 6.04 Å². The minimum atomic E-state index is -0.410. The van der Waals surface area contributed by atoms with Crippen molar-refractivity contribution in [3.05, 3.63) is 94.8 Å². The van der Waals surface area contributed by atoms with Gasteiger partial charge >= 0.3 is 0 Å². The van der Waals surface area contributed by atoms with Gasteiger partial charge in [-0.05, 0) is 48.9 Å². The Kier molecular flexibility index (Phi) is 5.29. The topological polar surface area (TPSA) is 79.7 Å². The van der Waals surface area contributed by atoms with Gasteiger partial charge in [-0.15, -0.1) is 0 Å². The van der Waals surface area contributed by atoms with Crippen molar-refractivity contribution in [1.29, 1.82) is 0 Å². The zero-order valence-corrected chi connectivity index (χ0v) is 20.5. The van der Waals surface area contributed by atoms with Crippen LogP contribution in [0.1, 0.15) is 34.4 Å². The van der Waals surface area contributed by atoms with E-state index < -0.39 is 6.10 Å². The fourth-order valence-corrected chi connectivity index (χ4v) is 4.98. The van der Waals surface area contributed by atoms with Crippen molar-refractivity contribution in [3.63, 3.8) is 0 Å². The summed E-state index contributed by atoms with van der Waals surface area (Å²) in [5.41, 5.74) is 6.12. The molecule has 0 fully saturated rings. The Bertz CT molecular complexity index is 1480. The minimum absolute atomic E-state index is 0.253. The average Bonchev–Trinajstić information content (AvgIpc) is 3.39. The fraction of sp³-hybridized carbons (Fsp3) is 0.214. The van der Waals surface area contributed by atoms with E-state index in [0.717, 1.165) is 45.0 Å². The van der Waals surface area contributed by atoms with Crippen LogP contribution in [0.3, 0.4) is 0 Å². The van der Waals surface area contributed by atoms with Crippen molar-refractivity contribution in [3.8, 4) is 23.0 Å². The first kappa shape index (κ1) is 22.0. The molecule has 3 heterocycles. The molecule has 0 saturated carbocycles. The molecule has 36 heavy (non-hydrogen) atoms. The Morgan fingerprint density at radius 3 is 2.39 bits per heavy atom. The van der Waals surface area contributed by atoms with Gasteiger partial charge in [-0.25, -0.2) is 4.68 Å². The van der Waals surface area contributed by atoms with E-state index in [0.29, 0.717) is 17.4 Å². The predicted octanol–water partition coefficient (Wildman–Crippen LogP) is 5.17.